The van der Waals surface area contributed by atoms with Gasteiger partial charge >= 0.3 is 11.9 Å². The number of rotatable bonds is 9. The zero-order chi connectivity index (χ0) is 22.2. The lowest BCUT2D eigenvalue weighted by molar-refractivity contribution is -0.145. The molecule has 9 heteroatoms. The number of carbonyl (C=O) groups excluding carboxylic acids is 2. The Hall–Kier alpha value is -3.52. The first-order chi connectivity index (χ1) is 15.0. The molecule has 0 aliphatic carbocycles. The van der Waals surface area contributed by atoms with Gasteiger partial charge in [-0.1, -0.05) is 11.6 Å². The molecule has 0 saturated heterocycles. The molecule has 3 rings (SSSR count). The topological polar surface area (TPSA) is 99.4 Å². The monoisotopic (exact) mass is 444 g/mol. The van der Waals surface area contributed by atoms with Crippen molar-refractivity contribution >= 4 is 40.7 Å². The summed E-state index contributed by atoms with van der Waals surface area (Å²) in [5.41, 5.74) is 3.62. The van der Waals surface area contributed by atoms with Gasteiger partial charge in [0.05, 0.1) is 19.4 Å². The van der Waals surface area contributed by atoms with Gasteiger partial charge in [0.1, 0.15) is 5.58 Å². The van der Waals surface area contributed by atoms with E-state index >= 15 is 0 Å². The van der Waals surface area contributed by atoms with Gasteiger partial charge in [-0.25, -0.2) is 10.2 Å². The summed E-state index contributed by atoms with van der Waals surface area (Å²) < 4.78 is 21.4. The Bertz CT molecular complexity index is 1110. The number of halogens is 1. The SMILES string of the molecule is CCOC(=O)COc1ccc(/C=N/NC(=O)c2cc3cc(Cl)ccc3o2)cc1OCC. The molecule has 1 heterocycles. The van der Waals surface area contributed by atoms with Crippen molar-refractivity contribution in [2.45, 2.75) is 13.8 Å². The lowest BCUT2D eigenvalue weighted by Crippen LogP contribution is -2.16. The predicted molar refractivity (Wildman–Crippen MR) is 116 cm³/mol. The standard InChI is InChI=1S/C22H21ClN2O6/c1-3-28-19-9-14(5-7-18(19)30-13-21(26)29-4-2)12-24-25-22(27)20-11-15-10-16(23)6-8-17(15)31-20/h5-12H,3-4,13H2,1-2H3,(H,25,27)/b24-12+. The Kier molecular flexibility index (Phi) is 7.50. The van der Waals surface area contributed by atoms with Crippen molar-refractivity contribution in [3.63, 3.8) is 0 Å². The minimum absolute atomic E-state index is 0.118. The van der Waals surface area contributed by atoms with Gasteiger partial charge in [0.2, 0.25) is 0 Å². The van der Waals surface area contributed by atoms with Gasteiger partial charge in [0.15, 0.2) is 23.9 Å². The van der Waals surface area contributed by atoms with Crippen LogP contribution >= 0.6 is 11.6 Å². The number of fused-ring (bicyclic) bond motifs is 1. The number of amides is 1. The summed E-state index contributed by atoms with van der Waals surface area (Å²) >= 11 is 5.95. The van der Waals surface area contributed by atoms with E-state index in [1.807, 2.05) is 6.92 Å². The van der Waals surface area contributed by atoms with Gasteiger partial charge in [-0.05, 0) is 61.9 Å². The molecule has 1 amide bonds. The number of benzene rings is 2. The maximum Gasteiger partial charge on any atom is 0.344 e. The van der Waals surface area contributed by atoms with Crippen LogP contribution in [0.1, 0.15) is 30.0 Å². The molecule has 1 N–H and O–H groups in total. The van der Waals surface area contributed by atoms with Crippen LogP contribution in [0.2, 0.25) is 5.02 Å². The number of hydrogen-bond donors (Lipinski definition) is 1. The Morgan fingerprint density at radius 1 is 1.06 bits per heavy atom. The van der Waals surface area contributed by atoms with Gasteiger partial charge in [-0.15, -0.1) is 0 Å². The van der Waals surface area contributed by atoms with Crippen LogP contribution in [0.25, 0.3) is 11.0 Å². The van der Waals surface area contributed by atoms with Crippen molar-refractivity contribution in [1.29, 1.82) is 0 Å². The molecular weight excluding hydrogens is 424 g/mol. The highest BCUT2D eigenvalue weighted by atomic mass is 35.5. The number of ether oxygens (including phenoxy) is 3. The molecule has 0 aliphatic heterocycles. The number of esters is 1. The van der Waals surface area contributed by atoms with Gasteiger partial charge in [-0.3, -0.25) is 4.79 Å². The van der Waals surface area contributed by atoms with Crippen LogP contribution in [-0.2, 0) is 9.53 Å². The quantitative estimate of drug-likeness (QED) is 0.302. The van der Waals surface area contributed by atoms with Crippen LogP contribution in [-0.4, -0.2) is 37.9 Å². The van der Waals surface area contributed by atoms with Gasteiger partial charge in [0.25, 0.3) is 0 Å². The molecule has 3 aromatic rings. The summed E-state index contributed by atoms with van der Waals surface area (Å²) in [5, 5.41) is 5.23. The number of nitrogens with zero attached hydrogens (tertiary/aromatic N) is 1. The number of nitrogens with one attached hydrogen (secondary N) is 1. The third-order valence-electron chi connectivity index (χ3n) is 4.00. The summed E-state index contributed by atoms with van der Waals surface area (Å²) in [6.45, 7) is 4.02. The summed E-state index contributed by atoms with van der Waals surface area (Å²) in [6, 6.07) is 11.7. The zero-order valence-electron chi connectivity index (χ0n) is 17.0. The molecule has 0 saturated carbocycles. The van der Waals surface area contributed by atoms with Crippen LogP contribution in [0.4, 0.5) is 0 Å². The van der Waals surface area contributed by atoms with E-state index in [0.29, 0.717) is 34.3 Å². The predicted octanol–water partition coefficient (Wildman–Crippen LogP) is 4.19. The second-order valence-electron chi connectivity index (χ2n) is 6.22. The molecule has 0 aliphatic rings. The van der Waals surface area contributed by atoms with Crippen molar-refractivity contribution in [2.24, 2.45) is 5.10 Å². The Labute approximate surface area is 183 Å². The lowest BCUT2D eigenvalue weighted by Gasteiger charge is -2.12. The largest absolute Gasteiger partial charge is 0.490 e. The van der Waals surface area contributed by atoms with E-state index in [-0.39, 0.29) is 19.0 Å². The normalized spacial score (nSPS) is 10.9. The molecular formula is C22H21ClN2O6. The number of hydrogen-bond acceptors (Lipinski definition) is 7. The Morgan fingerprint density at radius 2 is 1.90 bits per heavy atom. The zero-order valence-corrected chi connectivity index (χ0v) is 17.8. The maximum absolute atomic E-state index is 12.3. The van der Waals surface area contributed by atoms with Crippen LogP contribution in [0.15, 0.2) is 52.0 Å². The highest BCUT2D eigenvalue weighted by molar-refractivity contribution is 6.31. The third kappa shape index (κ3) is 5.99. The van der Waals surface area contributed by atoms with Crippen LogP contribution in [0, 0.1) is 0 Å². The van der Waals surface area contributed by atoms with E-state index in [2.05, 4.69) is 10.5 Å². The molecule has 1 aromatic heterocycles. The van der Waals surface area contributed by atoms with Crippen LogP contribution in [0.5, 0.6) is 11.5 Å². The van der Waals surface area contributed by atoms with Gasteiger partial charge in [-0.2, -0.15) is 5.10 Å². The van der Waals surface area contributed by atoms with Crippen molar-refractivity contribution in [1.82, 2.24) is 5.43 Å². The fraction of sp³-hybridized carbons (Fsp3) is 0.227. The number of furan rings is 1. The lowest BCUT2D eigenvalue weighted by atomic mass is 10.2. The fourth-order valence-corrected chi connectivity index (χ4v) is 2.86. The van der Waals surface area contributed by atoms with Gasteiger partial charge < -0.3 is 18.6 Å². The minimum atomic E-state index is -0.497. The highest BCUT2D eigenvalue weighted by Crippen LogP contribution is 2.28. The molecule has 0 radical (unpaired) electrons. The smallest absolute Gasteiger partial charge is 0.344 e. The van der Waals surface area contributed by atoms with Crippen molar-refractivity contribution in [2.75, 3.05) is 19.8 Å². The maximum atomic E-state index is 12.3. The Balaban J connectivity index is 1.65. The summed E-state index contributed by atoms with van der Waals surface area (Å²) in [5.74, 6) is -0.00505. The average Bonchev–Trinajstić information content (AvgIpc) is 3.17. The summed E-state index contributed by atoms with van der Waals surface area (Å²) in [6.07, 6.45) is 1.45. The Morgan fingerprint density at radius 3 is 2.68 bits per heavy atom. The van der Waals surface area contributed by atoms with Crippen LogP contribution < -0.4 is 14.9 Å². The molecule has 0 unspecified atom stereocenters. The molecule has 0 bridgehead atoms. The van der Waals surface area contributed by atoms with Gasteiger partial charge in [0, 0.05) is 10.4 Å². The van der Waals surface area contributed by atoms with E-state index in [1.54, 1.807) is 49.4 Å². The summed E-state index contributed by atoms with van der Waals surface area (Å²) in [4.78, 5) is 23.8. The van der Waals surface area contributed by atoms with E-state index in [0.717, 1.165) is 5.39 Å². The van der Waals surface area contributed by atoms with E-state index in [9.17, 15) is 9.59 Å². The molecule has 8 nitrogen and oxygen atoms in total. The first kappa shape index (κ1) is 22.2. The number of carbonyl (C=O) groups is 2. The second kappa shape index (κ2) is 10.5. The molecule has 0 spiro atoms. The third-order valence-corrected chi connectivity index (χ3v) is 4.24. The first-order valence-corrected chi connectivity index (χ1v) is 9.95. The van der Waals surface area contributed by atoms with Crippen LogP contribution in [0.3, 0.4) is 0 Å². The van der Waals surface area contributed by atoms with E-state index in [4.69, 9.17) is 30.2 Å². The molecule has 2 aromatic carbocycles. The molecule has 0 atom stereocenters. The number of hydrazone groups is 1. The van der Waals surface area contributed by atoms with Crippen molar-refractivity contribution in [3.05, 3.63) is 58.8 Å². The van der Waals surface area contributed by atoms with Crippen molar-refractivity contribution in [3.8, 4) is 11.5 Å². The average molecular weight is 445 g/mol. The molecule has 31 heavy (non-hydrogen) atoms. The summed E-state index contributed by atoms with van der Waals surface area (Å²) in [7, 11) is 0. The van der Waals surface area contributed by atoms with E-state index in [1.165, 1.54) is 6.21 Å². The second-order valence-corrected chi connectivity index (χ2v) is 6.66. The van der Waals surface area contributed by atoms with Crippen molar-refractivity contribution < 1.29 is 28.2 Å². The highest BCUT2D eigenvalue weighted by Gasteiger charge is 2.12. The molecule has 0 fully saturated rings. The van der Waals surface area contributed by atoms with E-state index < -0.39 is 11.9 Å². The molecule has 162 valence electrons. The minimum Gasteiger partial charge on any atom is -0.490 e. The first-order valence-electron chi connectivity index (χ1n) is 9.58. The fourth-order valence-electron chi connectivity index (χ4n) is 2.68.